The van der Waals surface area contributed by atoms with Gasteiger partial charge in [0.15, 0.2) is 0 Å². The lowest BCUT2D eigenvalue weighted by molar-refractivity contribution is -0.143. The number of primary amides is 1. The minimum atomic E-state index is -2.93. The SMILES string of the molecule is C/C=C1/NC(=O)[C@@H](Cc2ccccc2)NC(=O)[C@@H]2CCCN2C(=O)[C@H](CC(C)C)NC(=O)[C@H](Cc2c[nH]c3ccccc23)NC(=O)[C@@]2(CSC[C@H](C(=O)N[C@H](CS)C(=O)O)NC1=O)C[C@H](NC(=O)[C@@H](CS)NC(=O)[C@H]1CSC[C@@]3(C[C@H](N)C(=O)N[C@@H](CC(N)=O)C(=O)N[C@H](C)C(=O)N3)C(=O)N[C@@H](C(C)C)C(=O)N[C@@H](Cc3c[nH]c4ccccc34)C(=O)N[C@@H](CCC(=O)O)C(=O)N1)C(=O)N[C@@H]([C@@H](C)O)C(=O)NCC(=O)N2. The number of aromatic amines is 2. The molecule has 5 aliphatic rings. The number of para-hydroxylation sites is 2. The standard InChI is InChI=1S/C93H123N23O25S4/c1-8-53-75(124)109-66(84(133)108-64(38-143)89(138)139)40-145-42-93(90(140)111-59(30-49-35-97-55-22-15-13-20-51(49)55)80(129)105-61(27-43(2)3)88(137)116-26-16-23-67(116)85(134)103-57(78(127)100-53)28-47-17-10-9-11-18-47)33-62(81(130)112-72(46(7)117)86(135)98-36-69(119)114-93)106-82(131)63(37-142)107-83(132)65-39-144-41-92(32-52(94)74(123)102-60(31-68(95)118)77(126)99-45(6)73(122)115-92)91(141)113-71(44(4)5)87(136)104-58(29-48-34-96-54-21-14-12-19-50(48)54)79(128)101-56(76(125)110-65)24-25-70(120)121/h8-15,17-22,34-35,43-46,52,56-67,71-72,96-97,117,142-143H,16,23-33,36-42,94H2,1-7H3,(H2,95,118)(H,98,135)(H,99,126)(H,100,127)(H,101,128)(H,102,123)(H,103,134)(H,104,136)(H,105,129)(H,106,131)(H,107,132)(H,108,133)(H,109,124)(H,110,125)(H,111,140)(H,112,130)(H,113,141)(H,114,119)(H,115,122)(H,120,121)(H,138,139)/b53-8+/t45-,46-,52+,56+,57-,58+,59+,60+,61+,62+,63-,64-,65-,66-,67+,71+,72+,92+,93+/m1/s1. The first-order valence-corrected chi connectivity index (χ1v) is 50.5. The highest BCUT2D eigenvalue weighted by atomic mass is 32.2. The lowest BCUT2D eigenvalue weighted by Gasteiger charge is -2.38. The van der Waals surface area contributed by atoms with E-state index in [1.807, 2.05) is 0 Å². The quantitative estimate of drug-likeness (QED) is 0.0202. The van der Waals surface area contributed by atoms with Gasteiger partial charge < -0.3 is 137 Å². The number of fused-ring (bicyclic) bond motifs is 3. The Morgan fingerprint density at radius 1 is 0.559 bits per heavy atom. The molecule has 0 bridgehead atoms. The summed E-state index contributed by atoms with van der Waals surface area (Å²) >= 11 is 9.60. The number of H-pyrrole nitrogens is 2. The Labute approximate surface area is 850 Å². The van der Waals surface area contributed by atoms with Crippen molar-refractivity contribution in [1.29, 1.82) is 0 Å². The molecule has 5 aromatic rings. The first kappa shape index (κ1) is 113. The molecule has 0 unspecified atom stereocenters. The Balaban J connectivity index is 1.11. The third kappa shape index (κ3) is 30.2. The maximum absolute atomic E-state index is 16.8. The van der Waals surface area contributed by atoms with E-state index in [2.05, 4.69) is 131 Å². The van der Waals surface area contributed by atoms with E-state index in [0.29, 0.717) is 62.0 Å². The summed E-state index contributed by atoms with van der Waals surface area (Å²) in [5, 5.41) is 78.0. The average Bonchev–Trinajstić information content (AvgIpc) is 1.72. The molecule has 145 heavy (non-hydrogen) atoms. The Hall–Kier alpha value is -13.9. The fourth-order valence-electron chi connectivity index (χ4n) is 17.1. The first-order chi connectivity index (χ1) is 68.7. The molecule has 2 aromatic heterocycles. The molecule has 10 rings (SSSR count). The zero-order valence-electron chi connectivity index (χ0n) is 80.3. The number of hydrogen-bond acceptors (Lipinski definition) is 28. The number of nitrogens with zero attached hydrogens (tertiary/aromatic N) is 1. The van der Waals surface area contributed by atoms with Gasteiger partial charge >= 0.3 is 11.9 Å². The van der Waals surface area contributed by atoms with Gasteiger partial charge in [0.2, 0.25) is 112 Å². The van der Waals surface area contributed by atoms with Crippen LogP contribution in [0, 0.1) is 11.8 Å². The van der Waals surface area contributed by atoms with Crippen molar-refractivity contribution in [2.75, 3.05) is 47.6 Å². The summed E-state index contributed by atoms with van der Waals surface area (Å²) in [6, 6.07) is -7.69. The number of carbonyl (C=O) groups excluding carboxylic acids is 20. The number of amides is 20. The van der Waals surface area contributed by atoms with E-state index < -0.39 is 341 Å². The molecule has 5 saturated heterocycles. The largest absolute Gasteiger partial charge is 0.481 e. The lowest BCUT2D eigenvalue weighted by atomic mass is 9.89. The van der Waals surface area contributed by atoms with E-state index >= 15 is 52.7 Å². The van der Waals surface area contributed by atoms with E-state index in [0.717, 1.165) is 19.9 Å². The van der Waals surface area contributed by atoms with Crippen molar-refractivity contribution < 1.29 is 121 Å². The number of rotatable bonds is 24. The number of aliphatic hydroxyl groups excluding tert-OH is 1. The van der Waals surface area contributed by atoms with Gasteiger partial charge in [-0.3, -0.25) is 101 Å². The number of thioether (sulfide) groups is 2. The van der Waals surface area contributed by atoms with Crippen LogP contribution in [0.25, 0.3) is 21.8 Å². The number of thiol groups is 2. The van der Waals surface area contributed by atoms with E-state index in [-0.39, 0.29) is 38.6 Å². The van der Waals surface area contributed by atoms with Crippen LogP contribution in [-0.2, 0) is 125 Å². The van der Waals surface area contributed by atoms with Gasteiger partial charge in [-0.2, -0.15) is 48.8 Å². The predicted molar refractivity (Wildman–Crippen MR) is 532 cm³/mol. The molecule has 0 radical (unpaired) electrons. The molecule has 7 heterocycles. The molecular weight excluding hydrogens is 1970 g/mol. The number of allylic oxidation sites excluding steroid dienone is 1. The molecule has 52 heteroatoms. The predicted octanol–water partition coefficient (Wildman–Crippen LogP) is -6.28. The van der Waals surface area contributed by atoms with Crippen LogP contribution in [0.1, 0.15) is 117 Å². The fraction of sp³-hybridized carbons (Fsp3) is 0.505. The number of aliphatic carboxylic acids is 2. The summed E-state index contributed by atoms with van der Waals surface area (Å²) in [4.78, 5) is 334. The van der Waals surface area contributed by atoms with Gasteiger partial charge in [0.25, 0.3) is 5.91 Å². The highest BCUT2D eigenvalue weighted by Gasteiger charge is 2.52. The van der Waals surface area contributed by atoms with Crippen molar-refractivity contribution >= 4 is 201 Å². The molecule has 20 amide bonds. The number of nitrogens with two attached hydrogens (primary N) is 2. The zero-order chi connectivity index (χ0) is 106. The van der Waals surface area contributed by atoms with Crippen molar-refractivity contribution in [2.24, 2.45) is 23.3 Å². The molecular formula is C93H123N23O25S4. The molecule has 2 spiro atoms. The molecule has 27 N–H and O–H groups in total. The number of carbonyl (C=O) groups is 22. The molecule has 0 saturated carbocycles. The normalized spacial score (nSPS) is 27.1. The summed E-state index contributed by atoms with van der Waals surface area (Å²) in [5.74, 6) is -33.3. The van der Waals surface area contributed by atoms with Crippen LogP contribution >= 0.6 is 48.8 Å². The van der Waals surface area contributed by atoms with E-state index in [1.165, 1.54) is 38.1 Å². The molecule has 5 fully saturated rings. The summed E-state index contributed by atoms with van der Waals surface area (Å²) in [6.07, 6.45) is -3.38. The van der Waals surface area contributed by atoms with Gasteiger partial charge in [-0.05, 0) is 87.1 Å². The van der Waals surface area contributed by atoms with Crippen LogP contribution in [-0.4, -0.2) is 322 Å². The van der Waals surface area contributed by atoms with Crippen molar-refractivity contribution in [1.82, 2.24) is 111 Å². The van der Waals surface area contributed by atoms with Crippen molar-refractivity contribution in [2.45, 2.75) is 233 Å². The smallest absolute Gasteiger partial charge is 0.327 e. The summed E-state index contributed by atoms with van der Waals surface area (Å²) in [6.45, 7) is 8.79. The Morgan fingerprint density at radius 3 is 1.66 bits per heavy atom. The lowest BCUT2D eigenvalue weighted by Crippen LogP contribution is -2.68. The van der Waals surface area contributed by atoms with Crippen LogP contribution in [0.15, 0.2) is 103 Å². The van der Waals surface area contributed by atoms with E-state index in [1.54, 1.807) is 92.7 Å². The third-order valence-corrected chi connectivity index (χ3v) is 28.2. The van der Waals surface area contributed by atoms with Crippen LogP contribution < -0.4 is 107 Å². The number of aromatic nitrogens is 2. The van der Waals surface area contributed by atoms with Crippen molar-refractivity contribution in [3.05, 3.63) is 120 Å². The summed E-state index contributed by atoms with van der Waals surface area (Å²) in [7, 11) is 0. The Morgan fingerprint density at radius 2 is 1.09 bits per heavy atom. The van der Waals surface area contributed by atoms with E-state index in [9.17, 15) is 68.1 Å². The monoisotopic (exact) mass is 2090 g/mol. The first-order valence-electron chi connectivity index (χ1n) is 46.9. The molecule has 0 aliphatic carbocycles. The maximum Gasteiger partial charge on any atom is 0.327 e. The van der Waals surface area contributed by atoms with Crippen LogP contribution in [0.3, 0.4) is 0 Å². The van der Waals surface area contributed by atoms with Crippen LogP contribution in [0.4, 0.5) is 0 Å². The Bertz CT molecular complexity index is 5770. The van der Waals surface area contributed by atoms with Gasteiger partial charge in [0, 0.05) is 114 Å². The zero-order valence-corrected chi connectivity index (χ0v) is 83.7. The fourth-order valence-corrected chi connectivity index (χ4v) is 20.1. The average molecular weight is 2090 g/mol. The minimum absolute atomic E-state index is 0.0343. The third-order valence-electron chi connectivity index (χ3n) is 24.9. The van der Waals surface area contributed by atoms with E-state index in [4.69, 9.17) is 11.5 Å². The van der Waals surface area contributed by atoms with Crippen molar-refractivity contribution in [3.63, 3.8) is 0 Å². The van der Waals surface area contributed by atoms with Crippen LogP contribution in [0.5, 0.6) is 0 Å². The maximum atomic E-state index is 16.8. The molecule has 3 aromatic carbocycles. The summed E-state index contributed by atoms with van der Waals surface area (Å²) < 4.78 is 0. The highest BCUT2D eigenvalue weighted by Crippen LogP contribution is 2.30. The number of carboxylic acid groups (broad SMARTS) is 2. The Kier molecular flexibility index (Phi) is 40.2. The number of hydrogen-bond donors (Lipinski definition) is 27. The topological polar surface area (TPSA) is 740 Å². The van der Waals surface area contributed by atoms with Crippen LogP contribution in [0.2, 0.25) is 0 Å². The van der Waals surface area contributed by atoms with Gasteiger partial charge in [0.1, 0.15) is 107 Å². The van der Waals surface area contributed by atoms with Gasteiger partial charge in [0.05, 0.1) is 25.1 Å². The molecule has 5 aliphatic heterocycles. The number of carboxylic acids is 2. The number of benzene rings is 3. The summed E-state index contributed by atoms with van der Waals surface area (Å²) in [5.41, 5.74) is 8.35. The van der Waals surface area contributed by atoms with Gasteiger partial charge in [-0.1, -0.05) is 101 Å². The second kappa shape index (κ2) is 51.6. The second-order valence-corrected chi connectivity index (χ2v) is 39.6. The molecule has 48 nitrogen and oxygen atoms in total. The van der Waals surface area contributed by atoms with Crippen molar-refractivity contribution in [3.8, 4) is 0 Å². The van der Waals surface area contributed by atoms with Gasteiger partial charge in [-0.15, -0.1) is 0 Å². The second-order valence-electron chi connectivity index (χ2n) is 36.9. The molecule has 784 valence electrons. The highest BCUT2D eigenvalue weighted by molar-refractivity contribution is 7.99. The minimum Gasteiger partial charge on any atom is -0.481 e. The molecule has 19 atom stereocenters. The van der Waals surface area contributed by atoms with Gasteiger partial charge in [-0.25, -0.2) is 4.79 Å². The number of aliphatic hydroxyl groups is 1. The number of nitrogens with one attached hydrogen (secondary N) is 20.